The number of nitrogens with one attached hydrogen (secondary N) is 1. The molecule has 0 radical (unpaired) electrons. The molecule has 1 aliphatic rings. The van der Waals surface area contributed by atoms with Gasteiger partial charge in [0.25, 0.3) is 0 Å². The average molecular weight is 325 g/mol. The lowest BCUT2D eigenvalue weighted by molar-refractivity contribution is -0.121. The number of sulfone groups is 1. The summed E-state index contributed by atoms with van der Waals surface area (Å²) >= 11 is 0. The first-order chi connectivity index (χ1) is 10.1. The molecule has 0 spiro atoms. The summed E-state index contributed by atoms with van der Waals surface area (Å²) in [6.07, 6.45) is 0.749. The molecule has 1 amide bonds. The molecule has 22 heavy (non-hydrogen) atoms. The molecule has 1 unspecified atom stereocenters. The number of carbonyl (C=O) groups is 1. The van der Waals surface area contributed by atoms with Crippen molar-refractivity contribution in [1.82, 2.24) is 5.32 Å². The first-order valence-corrected chi connectivity index (χ1v) is 9.23. The van der Waals surface area contributed by atoms with Crippen LogP contribution in [-0.4, -0.2) is 37.5 Å². The Balaban J connectivity index is 1.87. The van der Waals surface area contributed by atoms with E-state index in [1.807, 2.05) is 45.0 Å². The zero-order valence-electron chi connectivity index (χ0n) is 13.3. The van der Waals surface area contributed by atoms with Gasteiger partial charge in [0.2, 0.25) is 5.91 Å². The molecule has 5 nitrogen and oxygen atoms in total. The van der Waals surface area contributed by atoms with E-state index in [0.29, 0.717) is 6.42 Å². The third-order valence-corrected chi connectivity index (χ3v) is 5.08. The van der Waals surface area contributed by atoms with Crippen LogP contribution in [0.15, 0.2) is 24.3 Å². The Kier molecular flexibility index (Phi) is 4.80. The minimum absolute atomic E-state index is 0.0527. The smallest absolute Gasteiger partial charge is 0.224 e. The van der Waals surface area contributed by atoms with Gasteiger partial charge in [-0.25, -0.2) is 8.42 Å². The highest BCUT2D eigenvalue weighted by Crippen LogP contribution is 2.19. The highest BCUT2D eigenvalue weighted by molar-refractivity contribution is 7.91. The molecular weight excluding hydrogens is 302 g/mol. The van der Waals surface area contributed by atoms with E-state index in [-0.39, 0.29) is 35.5 Å². The van der Waals surface area contributed by atoms with Crippen LogP contribution in [0.5, 0.6) is 5.75 Å². The minimum Gasteiger partial charge on any atom is -0.488 e. The van der Waals surface area contributed by atoms with Crippen LogP contribution in [-0.2, 0) is 21.1 Å². The van der Waals surface area contributed by atoms with Gasteiger partial charge in [-0.05, 0) is 44.9 Å². The van der Waals surface area contributed by atoms with Crippen LogP contribution in [0.1, 0.15) is 32.8 Å². The number of hydrogen-bond donors (Lipinski definition) is 1. The molecule has 1 saturated heterocycles. The van der Waals surface area contributed by atoms with Crippen molar-refractivity contribution in [2.24, 2.45) is 0 Å². The predicted molar refractivity (Wildman–Crippen MR) is 85.7 cm³/mol. The fraction of sp³-hybridized carbons (Fsp3) is 0.562. The van der Waals surface area contributed by atoms with Crippen molar-refractivity contribution in [3.8, 4) is 5.75 Å². The van der Waals surface area contributed by atoms with E-state index in [2.05, 4.69) is 5.32 Å². The van der Waals surface area contributed by atoms with Crippen LogP contribution in [0, 0.1) is 0 Å². The van der Waals surface area contributed by atoms with Crippen molar-refractivity contribution in [2.75, 3.05) is 11.5 Å². The molecule has 6 heteroatoms. The Hall–Kier alpha value is -1.56. The normalized spacial score (nSPS) is 20.6. The third-order valence-electron chi connectivity index (χ3n) is 3.31. The van der Waals surface area contributed by atoms with E-state index >= 15 is 0 Å². The number of amides is 1. The molecule has 0 bridgehead atoms. The Morgan fingerprint density at radius 1 is 1.27 bits per heavy atom. The second-order valence-electron chi connectivity index (χ2n) is 6.70. The molecule has 1 N–H and O–H groups in total. The van der Waals surface area contributed by atoms with Gasteiger partial charge in [-0.15, -0.1) is 0 Å². The van der Waals surface area contributed by atoms with Crippen molar-refractivity contribution < 1.29 is 17.9 Å². The molecule has 1 aromatic rings. The van der Waals surface area contributed by atoms with Crippen LogP contribution >= 0.6 is 0 Å². The quantitative estimate of drug-likeness (QED) is 0.915. The van der Waals surface area contributed by atoms with Crippen LogP contribution < -0.4 is 10.1 Å². The van der Waals surface area contributed by atoms with Crippen LogP contribution in [0.4, 0.5) is 0 Å². The SMILES string of the molecule is CC(C)(C)Oc1ccc(CC(=O)NC2CCS(=O)(=O)C2)cc1. The van der Waals surface area contributed by atoms with Crippen molar-refractivity contribution in [3.05, 3.63) is 29.8 Å². The molecule has 2 rings (SSSR count). The van der Waals surface area contributed by atoms with Gasteiger partial charge in [-0.1, -0.05) is 12.1 Å². The minimum atomic E-state index is -2.97. The van der Waals surface area contributed by atoms with Crippen molar-refractivity contribution in [2.45, 2.75) is 45.3 Å². The molecule has 0 saturated carbocycles. The summed E-state index contributed by atoms with van der Waals surface area (Å²) in [6.45, 7) is 5.93. The lowest BCUT2D eigenvalue weighted by Gasteiger charge is -2.21. The number of rotatable bonds is 4. The summed E-state index contributed by atoms with van der Waals surface area (Å²) in [5.41, 5.74) is 0.618. The van der Waals surface area contributed by atoms with Gasteiger partial charge < -0.3 is 10.1 Å². The van der Waals surface area contributed by atoms with Crippen LogP contribution in [0.2, 0.25) is 0 Å². The molecule has 0 aromatic heterocycles. The van der Waals surface area contributed by atoms with E-state index in [4.69, 9.17) is 4.74 Å². The monoisotopic (exact) mass is 325 g/mol. The first kappa shape index (κ1) is 16.8. The third kappa shape index (κ3) is 5.33. The standard InChI is InChI=1S/C16H23NO4S/c1-16(2,3)21-14-6-4-12(5-7-14)10-15(18)17-13-8-9-22(19,20)11-13/h4-7,13H,8-11H2,1-3H3,(H,17,18). The topological polar surface area (TPSA) is 72.5 Å². The lowest BCUT2D eigenvalue weighted by atomic mass is 10.1. The Bertz CT molecular complexity index is 629. The summed E-state index contributed by atoms with van der Waals surface area (Å²) in [6, 6.07) is 7.14. The summed E-state index contributed by atoms with van der Waals surface area (Å²) in [5.74, 6) is 0.832. The van der Waals surface area contributed by atoms with Gasteiger partial charge in [0.15, 0.2) is 9.84 Å². The zero-order chi connectivity index (χ0) is 16.4. The van der Waals surface area contributed by atoms with Crippen LogP contribution in [0.25, 0.3) is 0 Å². The van der Waals surface area contributed by atoms with E-state index in [1.54, 1.807) is 0 Å². The van der Waals surface area contributed by atoms with E-state index in [1.165, 1.54) is 0 Å². The number of hydrogen-bond acceptors (Lipinski definition) is 4. The van der Waals surface area contributed by atoms with Crippen molar-refractivity contribution >= 4 is 15.7 Å². The molecular formula is C16H23NO4S. The average Bonchev–Trinajstić information content (AvgIpc) is 2.69. The van der Waals surface area contributed by atoms with E-state index < -0.39 is 9.84 Å². The van der Waals surface area contributed by atoms with Gasteiger partial charge in [-0.2, -0.15) is 0 Å². The largest absolute Gasteiger partial charge is 0.488 e. The fourth-order valence-electron chi connectivity index (χ4n) is 2.40. The molecule has 1 aromatic carbocycles. The maximum absolute atomic E-state index is 12.0. The van der Waals surface area contributed by atoms with E-state index in [0.717, 1.165) is 11.3 Å². The second-order valence-corrected chi connectivity index (χ2v) is 8.93. The fourth-order valence-corrected chi connectivity index (χ4v) is 4.08. The summed E-state index contributed by atoms with van der Waals surface area (Å²) < 4.78 is 28.5. The Morgan fingerprint density at radius 3 is 2.41 bits per heavy atom. The highest BCUT2D eigenvalue weighted by atomic mass is 32.2. The second kappa shape index (κ2) is 6.28. The van der Waals surface area contributed by atoms with Crippen molar-refractivity contribution in [1.29, 1.82) is 0 Å². The molecule has 122 valence electrons. The first-order valence-electron chi connectivity index (χ1n) is 7.41. The maximum Gasteiger partial charge on any atom is 0.224 e. The van der Waals surface area contributed by atoms with Gasteiger partial charge >= 0.3 is 0 Å². The number of ether oxygens (including phenoxy) is 1. The zero-order valence-corrected chi connectivity index (χ0v) is 14.1. The Labute approximate surface area is 132 Å². The molecule has 1 fully saturated rings. The van der Waals surface area contributed by atoms with Crippen molar-refractivity contribution in [3.63, 3.8) is 0 Å². The lowest BCUT2D eigenvalue weighted by Crippen LogP contribution is -2.36. The number of carbonyl (C=O) groups excluding carboxylic acids is 1. The molecule has 1 aliphatic heterocycles. The summed E-state index contributed by atoms with van der Waals surface area (Å²) in [4.78, 5) is 12.0. The summed E-state index contributed by atoms with van der Waals surface area (Å²) in [7, 11) is -2.97. The highest BCUT2D eigenvalue weighted by Gasteiger charge is 2.28. The summed E-state index contributed by atoms with van der Waals surface area (Å²) in [5, 5.41) is 2.79. The van der Waals surface area contributed by atoms with Gasteiger partial charge in [0.05, 0.1) is 17.9 Å². The van der Waals surface area contributed by atoms with Gasteiger partial charge in [0, 0.05) is 6.04 Å². The predicted octanol–water partition coefficient (Wildman–Crippen LogP) is 1.71. The van der Waals surface area contributed by atoms with Gasteiger partial charge in [-0.3, -0.25) is 4.79 Å². The molecule has 1 atom stereocenters. The molecule has 0 aliphatic carbocycles. The van der Waals surface area contributed by atoms with E-state index in [9.17, 15) is 13.2 Å². The maximum atomic E-state index is 12.0. The van der Waals surface area contributed by atoms with Crippen LogP contribution in [0.3, 0.4) is 0 Å². The van der Waals surface area contributed by atoms with Gasteiger partial charge in [0.1, 0.15) is 11.4 Å². The Morgan fingerprint density at radius 2 is 1.91 bits per heavy atom. The number of benzene rings is 1. The molecule has 1 heterocycles.